The van der Waals surface area contributed by atoms with Gasteiger partial charge in [0.25, 0.3) is 5.91 Å². The van der Waals surface area contributed by atoms with Crippen molar-refractivity contribution in [2.24, 2.45) is 0 Å². The van der Waals surface area contributed by atoms with Gasteiger partial charge in [-0.25, -0.2) is 0 Å². The van der Waals surface area contributed by atoms with Crippen LogP contribution in [0.25, 0.3) is 6.08 Å². The molecule has 152 valence electrons. The summed E-state index contributed by atoms with van der Waals surface area (Å²) in [4.78, 5) is 30.1. The number of thiophene rings is 1. The van der Waals surface area contributed by atoms with Crippen LogP contribution in [-0.2, 0) is 16.1 Å². The maximum absolute atomic E-state index is 12.6. The topological polar surface area (TPSA) is 60.9 Å². The Kier molecular flexibility index (Phi) is 8.00. The Morgan fingerprint density at radius 2 is 2.00 bits per heavy atom. The highest BCUT2D eigenvalue weighted by atomic mass is 32.2. The fourth-order valence-electron chi connectivity index (χ4n) is 2.96. The van der Waals surface area contributed by atoms with Gasteiger partial charge in [0.05, 0.1) is 11.5 Å². The standard InChI is InChI=1S/C21H22N2O3S3/c24-12-11-22(15-16-6-2-1-3-7-16)19(25)9-4-10-23-20(26)18(29-21(23)27)14-17-8-5-13-28-17/h1-3,5-8,13-14,24H,4,9-12,15H2. The van der Waals surface area contributed by atoms with E-state index in [1.807, 2.05) is 53.9 Å². The first-order chi connectivity index (χ1) is 14.1. The molecular weight excluding hydrogens is 424 g/mol. The van der Waals surface area contributed by atoms with E-state index in [1.165, 1.54) is 11.8 Å². The van der Waals surface area contributed by atoms with Crippen LogP contribution in [0.2, 0.25) is 0 Å². The number of aliphatic hydroxyl groups excluding tert-OH is 1. The lowest BCUT2D eigenvalue weighted by Gasteiger charge is -2.22. The van der Waals surface area contributed by atoms with Gasteiger partial charge in [-0.05, 0) is 29.5 Å². The van der Waals surface area contributed by atoms with Gasteiger partial charge >= 0.3 is 0 Å². The molecule has 0 radical (unpaired) electrons. The van der Waals surface area contributed by atoms with Crippen molar-refractivity contribution in [1.29, 1.82) is 0 Å². The maximum atomic E-state index is 12.6. The average molecular weight is 447 g/mol. The molecule has 1 aromatic heterocycles. The number of carbonyl (C=O) groups excluding carboxylic acids is 2. The Balaban J connectivity index is 1.53. The predicted octanol–water partition coefficient (Wildman–Crippen LogP) is 3.75. The highest BCUT2D eigenvalue weighted by molar-refractivity contribution is 8.26. The van der Waals surface area contributed by atoms with Crippen LogP contribution in [0, 0.1) is 0 Å². The largest absolute Gasteiger partial charge is 0.395 e. The summed E-state index contributed by atoms with van der Waals surface area (Å²) in [5.74, 6) is -0.139. The number of hydrogen-bond acceptors (Lipinski definition) is 6. The van der Waals surface area contributed by atoms with E-state index in [1.54, 1.807) is 21.1 Å². The van der Waals surface area contributed by atoms with E-state index in [0.717, 1.165) is 10.4 Å². The molecule has 1 aromatic carbocycles. The molecule has 1 saturated heterocycles. The van der Waals surface area contributed by atoms with Gasteiger partial charge in [0.2, 0.25) is 5.91 Å². The van der Waals surface area contributed by atoms with E-state index in [9.17, 15) is 14.7 Å². The zero-order valence-electron chi connectivity index (χ0n) is 15.8. The van der Waals surface area contributed by atoms with Crippen LogP contribution in [0.1, 0.15) is 23.3 Å². The molecule has 5 nitrogen and oxygen atoms in total. The molecule has 0 aliphatic carbocycles. The van der Waals surface area contributed by atoms with Crippen molar-refractivity contribution in [3.05, 3.63) is 63.2 Å². The third kappa shape index (κ3) is 5.99. The van der Waals surface area contributed by atoms with Gasteiger partial charge in [0.1, 0.15) is 4.32 Å². The SMILES string of the molecule is O=C(CCCN1C(=O)C(=Cc2cccs2)SC1=S)N(CCO)Cc1ccccc1. The lowest BCUT2D eigenvalue weighted by molar-refractivity contribution is -0.132. The molecule has 1 fully saturated rings. The van der Waals surface area contributed by atoms with Crippen molar-refractivity contribution in [2.75, 3.05) is 19.7 Å². The van der Waals surface area contributed by atoms with Crippen LogP contribution in [0.5, 0.6) is 0 Å². The Morgan fingerprint density at radius 1 is 1.21 bits per heavy atom. The van der Waals surface area contributed by atoms with E-state index in [-0.39, 0.29) is 18.4 Å². The van der Waals surface area contributed by atoms with Gasteiger partial charge < -0.3 is 10.0 Å². The summed E-state index contributed by atoms with van der Waals surface area (Å²) < 4.78 is 0.529. The number of thiocarbonyl (C=S) groups is 1. The normalized spacial score (nSPS) is 15.3. The zero-order valence-corrected chi connectivity index (χ0v) is 18.3. The maximum Gasteiger partial charge on any atom is 0.266 e. The summed E-state index contributed by atoms with van der Waals surface area (Å²) in [6, 6.07) is 13.6. The second-order valence-corrected chi connectivity index (χ2v) is 9.13. The second-order valence-electron chi connectivity index (χ2n) is 6.48. The highest BCUT2D eigenvalue weighted by Gasteiger charge is 2.31. The fourth-order valence-corrected chi connectivity index (χ4v) is 4.99. The molecule has 1 aliphatic heterocycles. The highest BCUT2D eigenvalue weighted by Crippen LogP contribution is 2.33. The lowest BCUT2D eigenvalue weighted by Crippen LogP contribution is -2.34. The van der Waals surface area contributed by atoms with Crippen molar-refractivity contribution in [1.82, 2.24) is 9.80 Å². The molecule has 2 amide bonds. The van der Waals surface area contributed by atoms with E-state index >= 15 is 0 Å². The van der Waals surface area contributed by atoms with Gasteiger partial charge in [0, 0.05) is 30.9 Å². The summed E-state index contributed by atoms with van der Waals surface area (Å²) in [6.45, 7) is 1.08. The molecule has 1 N–H and O–H groups in total. The minimum Gasteiger partial charge on any atom is -0.395 e. The Labute approximate surface area is 184 Å². The summed E-state index contributed by atoms with van der Waals surface area (Å²) in [5, 5.41) is 11.3. The molecule has 0 bridgehead atoms. The Hall–Kier alpha value is -2.00. The third-order valence-corrected chi connectivity index (χ3v) is 6.60. The van der Waals surface area contributed by atoms with Crippen LogP contribution >= 0.6 is 35.3 Å². The van der Waals surface area contributed by atoms with E-state index in [2.05, 4.69) is 0 Å². The molecule has 3 rings (SSSR count). The van der Waals surface area contributed by atoms with Gasteiger partial charge in [-0.15, -0.1) is 11.3 Å². The van der Waals surface area contributed by atoms with E-state index in [4.69, 9.17) is 12.2 Å². The van der Waals surface area contributed by atoms with Gasteiger partial charge in [-0.1, -0.05) is 60.4 Å². The average Bonchev–Trinajstić information content (AvgIpc) is 3.32. The Bertz CT molecular complexity index is 882. The number of hydrogen-bond donors (Lipinski definition) is 1. The van der Waals surface area contributed by atoms with Crippen LogP contribution < -0.4 is 0 Å². The van der Waals surface area contributed by atoms with Gasteiger partial charge in [-0.3, -0.25) is 14.5 Å². The molecule has 29 heavy (non-hydrogen) atoms. The van der Waals surface area contributed by atoms with Crippen LogP contribution in [0.4, 0.5) is 0 Å². The molecule has 0 saturated carbocycles. The van der Waals surface area contributed by atoms with Crippen molar-refractivity contribution in [3.8, 4) is 0 Å². The summed E-state index contributed by atoms with van der Waals surface area (Å²) in [7, 11) is 0. The minimum atomic E-state index is -0.0997. The first-order valence-electron chi connectivity index (χ1n) is 9.30. The summed E-state index contributed by atoms with van der Waals surface area (Å²) >= 11 is 8.22. The number of nitrogens with zero attached hydrogens (tertiary/aromatic N) is 2. The minimum absolute atomic E-state index is 0.0394. The van der Waals surface area contributed by atoms with Crippen LogP contribution in [0.3, 0.4) is 0 Å². The third-order valence-electron chi connectivity index (χ3n) is 4.40. The van der Waals surface area contributed by atoms with Crippen molar-refractivity contribution >= 4 is 57.5 Å². The summed E-state index contributed by atoms with van der Waals surface area (Å²) in [5.41, 5.74) is 1.02. The zero-order chi connectivity index (χ0) is 20.6. The number of aliphatic hydroxyl groups is 1. The van der Waals surface area contributed by atoms with Gasteiger partial charge in [0.15, 0.2) is 0 Å². The first kappa shape index (κ1) is 21.7. The van der Waals surface area contributed by atoms with Crippen molar-refractivity contribution < 1.29 is 14.7 Å². The smallest absolute Gasteiger partial charge is 0.266 e. The van der Waals surface area contributed by atoms with Crippen LogP contribution in [-0.4, -0.2) is 50.7 Å². The molecule has 0 unspecified atom stereocenters. The van der Waals surface area contributed by atoms with Crippen molar-refractivity contribution in [3.63, 3.8) is 0 Å². The first-order valence-corrected chi connectivity index (χ1v) is 11.4. The molecule has 0 atom stereocenters. The summed E-state index contributed by atoms with van der Waals surface area (Å²) in [6.07, 6.45) is 2.68. The molecule has 2 aromatic rings. The number of rotatable bonds is 9. The molecule has 2 heterocycles. The molecule has 8 heteroatoms. The number of thioether (sulfide) groups is 1. The molecule has 1 aliphatic rings. The fraction of sp³-hybridized carbons (Fsp3) is 0.286. The number of carbonyl (C=O) groups is 2. The quantitative estimate of drug-likeness (QED) is 0.470. The van der Waals surface area contributed by atoms with Crippen LogP contribution in [0.15, 0.2) is 52.7 Å². The monoisotopic (exact) mass is 446 g/mol. The van der Waals surface area contributed by atoms with Crippen molar-refractivity contribution in [2.45, 2.75) is 19.4 Å². The number of amides is 2. The van der Waals surface area contributed by atoms with Gasteiger partial charge in [-0.2, -0.15) is 0 Å². The molecular formula is C21H22N2O3S3. The van der Waals surface area contributed by atoms with E-state index in [0.29, 0.717) is 41.7 Å². The predicted molar refractivity (Wildman–Crippen MR) is 122 cm³/mol. The number of benzene rings is 1. The van der Waals surface area contributed by atoms with E-state index < -0.39 is 0 Å². The second kappa shape index (κ2) is 10.7. The Morgan fingerprint density at radius 3 is 2.69 bits per heavy atom. The lowest BCUT2D eigenvalue weighted by atomic mass is 10.2. The molecule has 0 spiro atoms.